The topological polar surface area (TPSA) is 92.8 Å². The quantitative estimate of drug-likeness (QED) is 0.650. The van der Waals surface area contributed by atoms with Crippen LogP contribution < -0.4 is 9.68 Å². The first-order chi connectivity index (χ1) is 14.5. The molecule has 0 N–H and O–H groups in total. The van der Waals surface area contributed by atoms with Gasteiger partial charge in [-0.2, -0.15) is 9.68 Å². The number of hydrogen-bond donors (Lipinski definition) is 0. The van der Waals surface area contributed by atoms with E-state index in [-0.39, 0.29) is 22.7 Å². The first kappa shape index (κ1) is 19.9. The Kier molecular flexibility index (Phi) is 5.65. The van der Waals surface area contributed by atoms with Crippen LogP contribution in [0.1, 0.15) is 47.9 Å². The molecule has 0 unspecified atom stereocenters. The van der Waals surface area contributed by atoms with Gasteiger partial charge in [-0.15, -0.1) is 0 Å². The van der Waals surface area contributed by atoms with Gasteiger partial charge in [-0.1, -0.05) is 37.1 Å². The lowest BCUT2D eigenvalue weighted by atomic mass is 9.99. The lowest BCUT2D eigenvalue weighted by molar-refractivity contribution is -0.693. The van der Waals surface area contributed by atoms with Crippen LogP contribution in [0, 0.1) is 9.81 Å². The van der Waals surface area contributed by atoms with E-state index in [1.807, 2.05) is 24.3 Å². The number of carbonyl (C=O) groups excluding carboxylic acids is 2. The van der Waals surface area contributed by atoms with Gasteiger partial charge >= 0.3 is 21.7 Å². The molecule has 0 radical (unpaired) electrons. The first-order valence-electron chi connectivity index (χ1n) is 10.1. The molecule has 8 heteroatoms. The van der Waals surface area contributed by atoms with Gasteiger partial charge in [0.1, 0.15) is 12.8 Å². The number of aryl methyl sites for hydroxylation is 2. The molecule has 0 bridgehead atoms. The number of hydrogen-bond acceptors (Lipinski definition) is 6. The third-order valence-corrected chi connectivity index (χ3v) is 5.38. The largest absolute Gasteiger partial charge is 0.495 e. The minimum atomic E-state index is -0.580. The third kappa shape index (κ3) is 4.42. The van der Waals surface area contributed by atoms with Gasteiger partial charge in [0.25, 0.3) is 0 Å². The van der Waals surface area contributed by atoms with Crippen molar-refractivity contribution in [2.24, 2.45) is 0 Å². The Hall–Kier alpha value is -3.42. The van der Waals surface area contributed by atoms with Crippen molar-refractivity contribution in [3.8, 4) is 11.5 Å². The molecule has 0 atom stereocenters. The summed E-state index contributed by atoms with van der Waals surface area (Å²) >= 11 is 0. The summed E-state index contributed by atoms with van der Waals surface area (Å²) in [7, 11) is 0. The minimum Gasteiger partial charge on any atom is -0.208 e. The van der Waals surface area contributed by atoms with E-state index in [0.29, 0.717) is 11.5 Å². The van der Waals surface area contributed by atoms with Gasteiger partial charge in [-0.3, -0.25) is 0 Å². The molecule has 2 aromatic carbocycles. The number of unbranched alkanes of at least 4 members (excludes halogenated alkanes) is 3. The molecule has 0 aliphatic carbocycles. The molecular formula is C22H22N2O6+2. The Morgan fingerprint density at radius 1 is 0.667 bits per heavy atom. The number of amides is 2. The molecule has 154 valence electrons. The van der Waals surface area contributed by atoms with Crippen molar-refractivity contribution in [2.75, 3.05) is 0 Å². The van der Waals surface area contributed by atoms with E-state index < -0.39 is 11.8 Å². The summed E-state index contributed by atoms with van der Waals surface area (Å²) in [6.07, 6.45) is 6.21. The van der Waals surface area contributed by atoms with Crippen LogP contribution in [0.25, 0.3) is 0 Å². The zero-order chi connectivity index (χ0) is 21.1. The summed E-state index contributed by atoms with van der Waals surface area (Å²) in [6.45, 7) is 0. The lowest BCUT2D eigenvalue weighted by Crippen LogP contribution is -2.28. The summed E-state index contributed by atoms with van der Waals surface area (Å²) < 4.78 is 0. The number of rotatable bonds is 7. The van der Waals surface area contributed by atoms with Crippen LogP contribution in [0.15, 0.2) is 36.4 Å². The van der Waals surface area contributed by atoms with Crippen LogP contribution in [0.5, 0.6) is 11.5 Å². The zero-order valence-corrected chi connectivity index (χ0v) is 16.5. The van der Waals surface area contributed by atoms with Crippen LogP contribution in [0.4, 0.5) is 0 Å². The fraction of sp³-hybridized carbons (Fsp3) is 0.364. The Morgan fingerprint density at radius 3 is 1.53 bits per heavy atom. The van der Waals surface area contributed by atoms with E-state index in [9.17, 15) is 19.4 Å². The van der Waals surface area contributed by atoms with Crippen LogP contribution in [-0.2, 0) is 35.3 Å². The second-order valence-corrected chi connectivity index (χ2v) is 7.64. The summed E-state index contributed by atoms with van der Waals surface area (Å²) in [5.74, 6) is -0.256. The van der Waals surface area contributed by atoms with Crippen molar-refractivity contribution in [2.45, 2.75) is 51.4 Å². The van der Waals surface area contributed by atoms with Gasteiger partial charge in [-0.05, 0) is 48.9 Å². The lowest BCUT2D eigenvalue weighted by Gasteiger charge is -2.10. The standard InChI is InChI=1S/C22H22N2O6/c25-21-13-17-11-15(7-9-19(17)29-23(21)27)5-3-1-2-4-6-16-8-10-20-18(12-16)14-22(26)24(28)30-20/h7-12H,1-6,13-14H2/q+2. The molecule has 2 aromatic rings. The molecule has 0 saturated heterocycles. The van der Waals surface area contributed by atoms with E-state index in [1.54, 1.807) is 12.1 Å². The second kappa shape index (κ2) is 8.52. The van der Waals surface area contributed by atoms with E-state index in [1.165, 1.54) is 0 Å². The van der Waals surface area contributed by atoms with E-state index in [0.717, 1.165) is 60.8 Å². The molecule has 0 fully saturated rings. The Balaban J connectivity index is 1.20. The van der Waals surface area contributed by atoms with E-state index in [2.05, 4.69) is 0 Å². The van der Waals surface area contributed by atoms with E-state index in [4.69, 9.17) is 9.68 Å². The fourth-order valence-corrected chi connectivity index (χ4v) is 3.78. The van der Waals surface area contributed by atoms with Gasteiger partial charge in [0.2, 0.25) is 11.5 Å². The molecule has 2 amide bonds. The van der Waals surface area contributed by atoms with Crippen LogP contribution in [-0.4, -0.2) is 21.7 Å². The first-order valence-corrected chi connectivity index (χ1v) is 10.1. The van der Waals surface area contributed by atoms with Gasteiger partial charge in [0.05, 0.1) is 9.81 Å². The van der Waals surface area contributed by atoms with Crippen LogP contribution in [0.2, 0.25) is 0 Å². The smallest absolute Gasteiger partial charge is 0.208 e. The highest BCUT2D eigenvalue weighted by Crippen LogP contribution is 2.27. The predicted octanol–water partition coefficient (Wildman–Crippen LogP) is 3.34. The van der Waals surface area contributed by atoms with Crippen molar-refractivity contribution in [1.29, 1.82) is 0 Å². The Bertz CT molecular complexity index is 962. The SMILES string of the molecule is O=C1Cc2cc(CCCCCCc3ccc4c(c3)CC(=O)[N+](=O)O4)ccc2O[N+]1=O. The van der Waals surface area contributed by atoms with Gasteiger partial charge in [0.15, 0.2) is 0 Å². The Labute approximate surface area is 172 Å². The molecule has 0 aromatic heterocycles. The van der Waals surface area contributed by atoms with Gasteiger partial charge < -0.3 is 0 Å². The number of fused-ring (bicyclic) bond motifs is 2. The normalized spacial score (nSPS) is 15.3. The predicted molar refractivity (Wildman–Crippen MR) is 105 cm³/mol. The van der Waals surface area contributed by atoms with Gasteiger partial charge in [-0.25, -0.2) is 9.59 Å². The molecule has 2 aliphatic rings. The zero-order valence-electron chi connectivity index (χ0n) is 16.5. The highest BCUT2D eigenvalue weighted by atomic mass is 16.8. The number of benzene rings is 2. The fourth-order valence-electron chi connectivity index (χ4n) is 3.78. The van der Waals surface area contributed by atoms with Crippen LogP contribution in [0.3, 0.4) is 0 Å². The maximum atomic E-state index is 11.5. The molecule has 2 aliphatic heterocycles. The monoisotopic (exact) mass is 410 g/mol. The van der Waals surface area contributed by atoms with Crippen molar-refractivity contribution >= 4 is 11.8 Å². The molecule has 4 rings (SSSR count). The van der Waals surface area contributed by atoms with Crippen molar-refractivity contribution in [1.82, 2.24) is 0 Å². The highest BCUT2D eigenvalue weighted by Gasteiger charge is 2.35. The van der Waals surface area contributed by atoms with Crippen molar-refractivity contribution < 1.29 is 29.1 Å². The molecule has 0 saturated carbocycles. The molecule has 0 spiro atoms. The molecule has 2 heterocycles. The second-order valence-electron chi connectivity index (χ2n) is 7.64. The number of nitrogens with zero attached hydrogens (tertiary/aromatic N) is 2. The maximum absolute atomic E-state index is 11.5. The molecular weight excluding hydrogens is 388 g/mol. The molecule has 30 heavy (non-hydrogen) atoms. The van der Waals surface area contributed by atoms with Crippen LogP contribution >= 0.6 is 0 Å². The van der Waals surface area contributed by atoms with Gasteiger partial charge in [0, 0.05) is 11.1 Å². The average molecular weight is 410 g/mol. The summed E-state index contributed by atoms with van der Waals surface area (Å²) in [6, 6.07) is 11.3. The summed E-state index contributed by atoms with van der Waals surface area (Å²) in [4.78, 5) is 55.3. The third-order valence-electron chi connectivity index (χ3n) is 5.38. The summed E-state index contributed by atoms with van der Waals surface area (Å²) in [5.41, 5.74) is 3.80. The minimum absolute atomic E-state index is 0.0356. The average Bonchev–Trinajstić information content (AvgIpc) is 2.72. The van der Waals surface area contributed by atoms with Crippen molar-refractivity contribution in [3.63, 3.8) is 0 Å². The maximum Gasteiger partial charge on any atom is 0.495 e. The number of carbonyl (C=O) groups is 2. The summed E-state index contributed by atoms with van der Waals surface area (Å²) in [5, 5.41) is 0. The molecule has 8 nitrogen and oxygen atoms in total. The van der Waals surface area contributed by atoms with E-state index >= 15 is 0 Å². The van der Waals surface area contributed by atoms with Crippen molar-refractivity contribution in [3.05, 3.63) is 68.5 Å². The highest BCUT2D eigenvalue weighted by molar-refractivity contribution is 5.73. The Morgan fingerprint density at radius 2 is 1.10 bits per heavy atom.